The van der Waals surface area contributed by atoms with Crippen molar-refractivity contribution in [2.45, 2.75) is 49.8 Å². The van der Waals surface area contributed by atoms with Gasteiger partial charge >= 0.3 is 0 Å². The summed E-state index contributed by atoms with van der Waals surface area (Å²) in [7, 11) is 0. The minimum absolute atomic E-state index is 0.534. The van der Waals surface area contributed by atoms with E-state index < -0.39 is 5.60 Å². The molecule has 0 spiro atoms. The lowest BCUT2D eigenvalue weighted by Crippen LogP contribution is -2.44. The van der Waals surface area contributed by atoms with Gasteiger partial charge in [-0.25, -0.2) is 0 Å². The number of aliphatic hydroxyl groups is 1. The average Bonchev–Trinajstić information content (AvgIpc) is 3.31. The van der Waals surface area contributed by atoms with Gasteiger partial charge in [-0.15, -0.1) is 0 Å². The average molecular weight is 327 g/mol. The Hall–Kier alpha value is -1.69. The zero-order valence-corrected chi connectivity index (χ0v) is 13.9. The van der Waals surface area contributed by atoms with Crippen molar-refractivity contribution in [1.82, 2.24) is 15.8 Å². The summed E-state index contributed by atoms with van der Waals surface area (Å²) in [6, 6.07) is 9.28. The van der Waals surface area contributed by atoms with Gasteiger partial charge in [0.2, 0.25) is 0 Å². The Kier molecular flexibility index (Phi) is 4.39. The van der Waals surface area contributed by atoms with Crippen molar-refractivity contribution in [2.75, 3.05) is 13.1 Å². The molecule has 1 aliphatic heterocycles. The van der Waals surface area contributed by atoms with Crippen molar-refractivity contribution in [3.05, 3.63) is 42.3 Å². The highest BCUT2D eigenvalue weighted by Gasteiger charge is 2.35. The minimum atomic E-state index is -0.695. The predicted octanol–water partition coefficient (Wildman–Crippen LogP) is 2.42. The fourth-order valence-electron chi connectivity index (χ4n) is 4.00. The van der Waals surface area contributed by atoms with E-state index in [0.29, 0.717) is 12.1 Å². The fraction of sp³-hybridized carbons (Fsp3) is 0.526. The molecule has 1 saturated heterocycles. The van der Waals surface area contributed by atoms with E-state index in [2.05, 4.69) is 15.8 Å². The molecular weight excluding hydrogens is 302 g/mol. The summed E-state index contributed by atoms with van der Waals surface area (Å²) < 4.78 is 4.89. The number of rotatable bonds is 4. The molecule has 24 heavy (non-hydrogen) atoms. The summed E-state index contributed by atoms with van der Waals surface area (Å²) >= 11 is 0. The van der Waals surface area contributed by atoms with E-state index in [9.17, 15) is 5.11 Å². The molecule has 128 valence electrons. The van der Waals surface area contributed by atoms with Crippen LogP contribution < -0.4 is 10.6 Å². The number of aromatic nitrogens is 1. The van der Waals surface area contributed by atoms with Crippen LogP contribution in [-0.4, -0.2) is 35.4 Å². The molecule has 0 amide bonds. The zero-order valence-electron chi connectivity index (χ0n) is 13.9. The van der Waals surface area contributed by atoms with Gasteiger partial charge in [-0.3, -0.25) is 0 Å². The van der Waals surface area contributed by atoms with Gasteiger partial charge in [0, 0.05) is 24.2 Å². The van der Waals surface area contributed by atoms with Crippen molar-refractivity contribution in [3.8, 4) is 11.1 Å². The largest absolute Gasteiger partial charge is 0.385 e. The van der Waals surface area contributed by atoms with Gasteiger partial charge in [-0.1, -0.05) is 29.4 Å². The Balaban J connectivity index is 1.39. The molecule has 4 rings (SSSR count). The monoisotopic (exact) mass is 327 g/mol. The van der Waals surface area contributed by atoms with Gasteiger partial charge in [0.15, 0.2) is 0 Å². The van der Waals surface area contributed by atoms with Crippen LogP contribution in [0.15, 0.2) is 41.2 Å². The third-order valence-electron chi connectivity index (χ3n) is 5.53. The Morgan fingerprint density at radius 3 is 2.50 bits per heavy atom. The van der Waals surface area contributed by atoms with Crippen molar-refractivity contribution in [1.29, 1.82) is 0 Å². The molecule has 1 atom stereocenters. The van der Waals surface area contributed by atoms with Crippen molar-refractivity contribution in [2.24, 2.45) is 0 Å². The summed E-state index contributed by atoms with van der Waals surface area (Å²) in [6.07, 6.45) is 8.25. The van der Waals surface area contributed by atoms with E-state index in [1.54, 1.807) is 12.5 Å². The Labute approximate surface area is 142 Å². The number of hydrogen-bond donors (Lipinski definition) is 3. The molecule has 0 unspecified atom stereocenters. The minimum Gasteiger partial charge on any atom is -0.385 e. The molecule has 2 fully saturated rings. The van der Waals surface area contributed by atoms with Crippen LogP contribution in [0.1, 0.15) is 37.7 Å². The van der Waals surface area contributed by atoms with Crippen LogP contribution in [-0.2, 0) is 5.60 Å². The normalized spacial score (nSPS) is 30.5. The molecule has 2 aromatic rings. The molecule has 1 aliphatic carbocycles. The summed E-state index contributed by atoms with van der Waals surface area (Å²) in [5.41, 5.74) is 2.35. The van der Waals surface area contributed by atoms with Gasteiger partial charge in [-0.2, -0.15) is 0 Å². The number of hydrogen-bond acceptors (Lipinski definition) is 5. The summed E-state index contributed by atoms with van der Waals surface area (Å²) in [4.78, 5) is 0. The third kappa shape index (κ3) is 3.24. The summed E-state index contributed by atoms with van der Waals surface area (Å²) in [5.74, 6) is 0. The summed E-state index contributed by atoms with van der Waals surface area (Å²) in [5, 5.41) is 22.0. The van der Waals surface area contributed by atoms with E-state index in [-0.39, 0.29) is 0 Å². The Morgan fingerprint density at radius 2 is 1.88 bits per heavy atom. The molecule has 5 heteroatoms. The van der Waals surface area contributed by atoms with E-state index in [4.69, 9.17) is 4.52 Å². The number of nitrogens with one attached hydrogen (secondary N) is 2. The van der Waals surface area contributed by atoms with E-state index in [1.807, 2.05) is 24.3 Å². The molecule has 5 nitrogen and oxygen atoms in total. The SMILES string of the molecule is OC1(c2ccc(-c3cnoc3)cc2)CCC(N[C@H]2CCNC2)CC1. The van der Waals surface area contributed by atoms with Crippen LogP contribution >= 0.6 is 0 Å². The first-order chi connectivity index (χ1) is 11.7. The highest BCUT2D eigenvalue weighted by atomic mass is 16.5. The number of nitrogens with zero attached hydrogens (tertiary/aromatic N) is 1. The van der Waals surface area contributed by atoms with Crippen LogP contribution in [0.5, 0.6) is 0 Å². The first-order valence-electron chi connectivity index (χ1n) is 8.92. The van der Waals surface area contributed by atoms with E-state index in [0.717, 1.165) is 55.5 Å². The Bertz CT molecular complexity index is 640. The number of benzene rings is 1. The standard InChI is InChI=1S/C19H25N3O2/c23-19(8-5-17(6-9-19)22-18-7-10-20-12-18)16-3-1-14(2-4-16)15-11-21-24-13-15/h1-4,11,13,17-18,20,22-23H,5-10,12H2/t17?,18-,19?/m0/s1. The van der Waals surface area contributed by atoms with E-state index >= 15 is 0 Å². The van der Waals surface area contributed by atoms with Crippen LogP contribution in [0.25, 0.3) is 11.1 Å². The zero-order chi connectivity index (χ0) is 16.4. The van der Waals surface area contributed by atoms with Crippen LogP contribution in [0.4, 0.5) is 0 Å². The maximum Gasteiger partial charge on any atom is 0.131 e. The van der Waals surface area contributed by atoms with Gasteiger partial charge in [0.05, 0.1) is 11.8 Å². The molecule has 1 aromatic carbocycles. The van der Waals surface area contributed by atoms with Gasteiger partial charge in [0.1, 0.15) is 6.26 Å². The molecule has 0 bridgehead atoms. The highest BCUT2D eigenvalue weighted by molar-refractivity contribution is 5.61. The predicted molar refractivity (Wildman–Crippen MR) is 92.5 cm³/mol. The third-order valence-corrected chi connectivity index (χ3v) is 5.53. The van der Waals surface area contributed by atoms with Crippen molar-refractivity contribution in [3.63, 3.8) is 0 Å². The first-order valence-corrected chi connectivity index (χ1v) is 8.92. The quantitative estimate of drug-likeness (QED) is 0.804. The molecule has 2 heterocycles. The lowest BCUT2D eigenvalue weighted by atomic mass is 9.77. The topological polar surface area (TPSA) is 70.3 Å². The van der Waals surface area contributed by atoms with Crippen LogP contribution in [0.3, 0.4) is 0 Å². The van der Waals surface area contributed by atoms with E-state index in [1.165, 1.54) is 6.42 Å². The molecule has 2 aliphatic rings. The summed E-state index contributed by atoms with van der Waals surface area (Å²) in [6.45, 7) is 2.19. The molecule has 1 saturated carbocycles. The van der Waals surface area contributed by atoms with Crippen LogP contribution in [0, 0.1) is 0 Å². The van der Waals surface area contributed by atoms with Gasteiger partial charge < -0.3 is 20.3 Å². The molecule has 1 aromatic heterocycles. The molecule has 0 radical (unpaired) electrons. The lowest BCUT2D eigenvalue weighted by molar-refractivity contribution is -0.00916. The Morgan fingerprint density at radius 1 is 1.08 bits per heavy atom. The van der Waals surface area contributed by atoms with Gasteiger partial charge in [-0.05, 0) is 49.8 Å². The second-order valence-electron chi connectivity index (χ2n) is 7.15. The smallest absolute Gasteiger partial charge is 0.131 e. The maximum atomic E-state index is 11.1. The van der Waals surface area contributed by atoms with Crippen molar-refractivity contribution < 1.29 is 9.63 Å². The maximum absolute atomic E-state index is 11.1. The molecule has 3 N–H and O–H groups in total. The second-order valence-corrected chi connectivity index (χ2v) is 7.15. The molecular formula is C19H25N3O2. The van der Waals surface area contributed by atoms with Crippen molar-refractivity contribution >= 4 is 0 Å². The van der Waals surface area contributed by atoms with Crippen LogP contribution in [0.2, 0.25) is 0 Å². The first kappa shape index (κ1) is 15.8. The second kappa shape index (κ2) is 6.67. The van der Waals surface area contributed by atoms with Gasteiger partial charge in [0.25, 0.3) is 0 Å². The fourth-order valence-corrected chi connectivity index (χ4v) is 4.00. The highest BCUT2D eigenvalue weighted by Crippen LogP contribution is 2.38. The lowest BCUT2D eigenvalue weighted by Gasteiger charge is -2.37.